The van der Waals surface area contributed by atoms with E-state index in [-0.39, 0.29) is 18.2 Å². The highest BCUT2D eigenvalue weighted by Crippen LogP contribution is 2.29. The van der Waals surface area contributed by atoms with E-state index in [1.54, 1.807) is 4.90 Å². The van der Waals surface area contributed by atoms with Gasteiger partial charge in [-0.05, 0) is 22.6 Å². The minimum atomic E-state index is -0.920. The van der Waals surface area contributed by atoms with Crippen LogP contribution in [0.5, 0.6) is 0 Å². The Kier molecular flexibility index (Phi) is 4.65. The van der Waals surface area contributed by atoms with Crippen LogP contribution < -0.4 is 0 Å². The molecule has 24 heavy (non-hydrogen) atoms. The first kappa shape index (κ1) is 16.2. The standard InChI is InChI=1S/C20H21NO3/c1-14(15-7-3-2-4-8-15)18(20(23)24)11-19(22)21-12-16-9-5-6-10-17(16)13-21/h2-10,14,18H,11-13H2,1H3,(H,23,24)/t14-,18?/m0/s1. The SMILES string of the molecule is C[C@@H](c1ccccc1)C(CC(=O)N1Cc2ccccc2C1)C(=O)O. The molecule has 2 atom stereocenters. The van der Waals surface area contributed by atoms with Crippen molar-refractivity contribution in [2.24, 2.45) is 5.92 Å². The molecule has 1 heterocycles. The van der Waals surface area contributed by atoms with E-state index in [1.165, 1.54) is 0 Å². The lowest BCUT2D eigenvalue weighted by atomic mass is 9.85. The summed E-state index contributed by atoms with van der Waals surface area (Å²) in [5, 5.41) is 9.60. The van der Waals surface area contributed by atoms with Crippen LogP contribution >= 0.6 is 0 Å². The van der Waals surface area contributed by atoms with Gasteiger partial charge in [0.1, 0.15) is 0 Å². The Morgan fingerprint density at radius 2 is 1.54 bits per heavy atom. The number of hydrogen-bond donors (Lipinski definition) is 1. The predicted molar refractivity (Wildman–Crippen MR) is 91.3 cm³/mol. The van der Waals surface area contributed by atoms with Crippen LogP contribution in [0.25, 0.3) is 0 Å². The summed E-state index contributed by atoms with van der Waals surface area (Å²) in [5.74, 6) is -1.95. The van der Waals surface area contributed by atoms with Crippen molar-refractivity contribution in [3.8, 4) is 0 Å². The summed E-state index contributed by atoms with van der Waals surface area (Å²) >= 11 is 0. The third-order valence-electron chi connectivity index (χ3n) is 4.83. The van der Waals surface area contributed by atoms with Gasteiger partial charge in [0.05, 0.1) is 5.92 Å². The average molecular weight is 323 g/mol. The van der Waals surface area contributed by atoms with Gasteiger partial charge < -0.3 is 10.0 Å². The van der Waals surface area contributed by atoms with E-state index in [2.05, 4.69) is 0 Å². The van der Waals surface area contributed by atoms with Gasteiger partial charge in [0.2, 0.25) is 5.91 Å². The zero-order valence-electron chi connectivity index (χ0n) is 13.7. The number of carbonyl (C=O) groups is 2. The van der Waals surface area contributed by atoms with E-state index in [1.807, 2.05) is 61.5 Å². The minimum Gasteiger partial charge on any atom is -0.481 e. The normalized spacial score (nSPS) is 15.6. The molecule has 0 spiro atoms. The van der Waals surface area contributed by atoms with E-state index < -0.39 is 11.9 Å². The lowest BCUT2D eigenvalue weighted by Crippen LogP contribution is -2.31. The molecule has 0 saturated heterocycles. The van der Waals surface area contributed by atoms with Crippen LogP contribution in [0.3, 0.4) is 0 Å². The zero-order chi connectivity index (χ0) is 17.1. The van der Waals surface area contributed by atoms with Gasteiger partial charge in [0, 0.05) is 19.5 Å². The van der Waals surface area contributed by atoms with Crippen LogP contribution in [-0.4, -0.2) is 21.9 Å². The van der Waals surface area contributed by atoms with E-state index in [4.69, 9.17) is 0 Å². The summed E-state index contributed by atoms with van der Waals surface area (Å²) < 4.78 is 0. The highest BCUT2D eigenvalue weighted by Gasteiger charge is 2.32. The number of rotatable bonds is 5. The maximum Gasteiger partial charge on any atom is 0.307 e. The molecule has 4 nitrogen and oxygen atoms in total. The Hall–Kier alpha value is -2.62. The number of carboxylic acid groups (broad SMARTS) is 1. The number of carboxylic acids is 1. The Morgan fingerprint density at radius 3 is 2.08 bits per heavy atom. The summed E-state index contributed by atoms with van der Waals surface area (Å²) in [4.78, 5) is 26.1. The molecule has 0 saturated carbocycles. The third kappa shape index (κ3) is 3.32. The average Bonchev–Trinajstić information content (AvgIpc) is 3.03. The molecule has 0 bridgehead atoms. The van der Waals surface area contributed by atoms with Crippen molar-refractivity contribution in [3.05, 3.63) is 71.3 Å². The molecule has 2 aromatic carbocycles. The van der Waals surface area contributed by atoms with Gasteiger partial charge in [-0.2, -0.15) is 0 Å². The van der Waals surface area contributed by atoms with Gasteiger partial charge in [0.25, 0.3) is 0 Å². The molecule has 124 valence electrons. The van der Waals surface area contributed by atoms with E-state index in [0.717, 1.165) is 16.7 Å². The first-order chi connectivity index (χ1) is 11.6. The maximum atomic E-state index is 12.6. The first-order valence-electron chi connectivity index (χ1n) is 8.18. The van der Waals surface area contributed by atoms with Crippen molar-refractivity contribution in [3.63, 3.8) is 0 Å². The van der Waals surface area contributed by atoms with Crippen molar-refractivity contribution in [1.82, 2.24) is 4.90 Å². The van der Waals surface area contributed by atoms with Crippen LogP contribution in [0.2, 0.25) is 0 Å². The van der Waals surface area contributed by atoms with Gasteiger partial charge in [-0.1, -0.05) is 61.5 Å². The second kappa shape index (κ2) is 6.87. The number of fused-ring (bicyclic) bond motifs is 1. The first-order valence-corrected chi connectivity index (χ1v) is 8.18. The van der Waals surface area contributed by atoms with E-state index >= 15 is 0 Å². The molecular weight excluding hydrogens is 302 g/mol. The van der Waals surface area contributed by atoms with Gasteiger partial charge in [-0.25, -0.2) is 0 Å². The van der Waals surface area contributed by atoms with Gasteiger partial charge in [-0.15, -0.1) is 0 Å². The third-order valence-corrected chi connectivity index (χ3v) is 4.83. The van der Waals surface area contributed by atoms with Gasteiger partial charge in [-0.3, -0.25) is 9.59 Å². The number of carbonyl (C=O) groups excluding carboxylic acids is 1. The van der Waals surface area contributed by atoms with Crippen molar-refractivity contribution >= 4 is 11.9 Å². The topological polar surface area (TPSA) is 57.6 Å². The predicted octanol–water partition coefficient (Wildman–Crippen LogP) is 3.42. The summed E-state index contributed by atoms with van der Waals surface area (Å²) in [6.07, 6.45) is 0.0272. The molecular formula is C20H21NO3. The monoisotopic (exact) mass is 323 g/mol. The molecule has 0 aliphatic carbocycles. The fourth-order valence-corrected chi connectivity index (χ4v) is 3.29. The fraction of sp³-hybridized carbons (Fsp3) is 0.300. The number of amides is 1. The number of hydrogen-bond acceptors (Lipinski definition) is 2. The van der Waals surface area contributed by atoms with Crippen LogP contribution in [0.1, 0.15) is 36.0 Å². The molecule has 3 rings (SSSR count). The fourth-order valence-electron chi connectivity index (χ4n) is 3.29. The maximum absolute atomic E-state index is 12.6. The largest absolute Gasteiger partial charge is 0.481 e. The summed E-state index contributed by atoms with van der Waals surface area (Å²) in [7, 11) is 0. The minimum absolute atomic E-state index is 0.0272. The molecule has 1 N–H and O–H groups in total. The Morgan fingerprint density at radius 1 is 1.00 bits per heavy atom. The van der Waals surface area contributed by atoms with Crippen LogP contribution in [0, 0.1) is 5.92 Å². The Balaban J connectivity index is 1.70. The molecule has 2 aromatic rings. The number of nitrogens with zero attached hydrogens (tertiary/aromatic N) is 1. The second-order valence-electron chi connectivity index (χ2n) is 6.37. The van der Waals surface area contributed by atoms with E-state index in [9.17, 15) is 14.7 Å². The lowest BCUT2D eigenvalue weighted by Gasteiger charge is -2.23. The van der Waals surface area contributed by atoms with Crippen LogP contribution in [-0.2, 0) is 22.7 Å². The van der Waals surface area contributed by atoms with Crippen molar-refractivity contribution < 1.29 is 14.7 Å². The summed E-state index contributed by atoms with van der Waals surface area (Å²) in [6, 6.07) is 17.5. The van der Waals surface area contributed by atoms with E-state index in [0.29, 0.717) is 13.1 Å². The smallest absolute Gasteiger partial charge is 0.307 e. The van der Waals surface area contributed by atoms with Crippen molar-refractivity contribution in [2.75, 3.05) is 0 Å². The highest BCUT2D eigenvalue weighted by molar-refractivity contribution is 5.83. The van der Waals surface area contributed by atoms with Crippen molar-refractivity contribution in [2.45, 2.75) is 32.4 Å². The van der Waals surface area contributed by atoms with Gasteiger partial charge >= 0.3 is 5.97 Å². The molecule has 1 unspecified atom stereocenters. The van der Waals surface area contributed by atoms with Crippen LogP contribution in [0.4, 0.5) is 0 Å². The summed E-state index contributed by atoms with van der Waals surface area (Å²) in [5.41, 5.74) is 3.24. The Bertz CT molecular complexity index is 717. The number of aliphatic carboxylic acids is 1. The molecule has 0 fully saturated rings. The highest BCUT2D eigenvalue weighted by atomic mass is 16.4. The Labute approximate surface area is 141 Å². The summed E-state index contributed by atoms with van der Waals surface area (Å²) in [6.45, 7) is 3.02. The van der Waals surface area contributed by atoms with Crippen molar-refractivity contribution in [1.29, 1.82) is 0 Å². The van der Waals surface area contributed by atoms with Gasteiger partial charge in [0.15, 0.2) is 0 Å². The molecule has 0 radical (unpaired) electrons. The second-order valence-corrected chi connectivity index (χ2v) is 6.37. The molecule has 4 heteroatoms. The molecule has 1 aliphatic rings. The molecule has 0 aromatic heterocycles. The lowest BCUT2D eigenvalue weighted by molar-refractivity contribution is -0.147. The van der Waals surface area contributed by atoms with Crippen LogP contribution in [0.15, 0.2) is 54.6 Å². The molecule has 1 amide bonds. The zero-order valence-corrected chi connectivity index (χ0v) is 13.7. The quantitative estimate of drug-likeness (QED) is 0.917. The number of benzene rings is 2. The molecule has 1 aliphatic heterocycles.